The van der Waals surface area contributed by atoms with Crippen LogP contribution in [-0.2, 0) is 6.54 Å². The number of aryl methyl sites for hydroxylation is 1. The summed E-state index contributed by atoms with van der Waals surface area (Å²) in [7, 11) is 0. The molecular formula is C10H12N4O. The Balaban J connectivity index is 2.11. The normalized spacial score (nSPS) is 10.2. The Morgan fingerprint density at radius 1 is 1.40 bits per heavy atom. The number of nitrogens with two attached hydrogens (primary N) is 1. The van der Waals surface area contributed by atoms with E-state index in [0.29, 0.717) is 17.3 Å². The largest absolute Gasteiger partial charge is 0.436 e. The molecule has 0 aliphatic carbocycles. The predicted octanol–water partition coefficient (Wildman–Crippen LogP) is 1.67. The second-order valence-corrected chi connectivity index (χ2v) is 3.06. The van der Waals surface area contributed by atoms with Gasteiger partial charge in [-0.15, -0.1) is 0 Å². The van der Waals surface area contributed by atoms with Gasteiger partial charge in [0.1, 0.15) is 0 Å². The number of hydrogen-bond donors (Lipinski definition) is 1. The second-order valence-electron chi connectivity index (χ2n) is 3.06. The summed E-state index contributed by atoms with van der Waals surface area (Å²) in [5.74, 6) is 1.19. The summed E-state index contributed by atoms with van der Waals surface area (Å²) in [6.07, 6.45) is 5.03. The van der Waals surface area contributed by atoms with Gasteiger partial charge in [0.2, 0.25) is 5.88 Å². The standard InChI is InChI=1S/C10H12N4O/c1-2-14-7-9(6-13-14)15-10-4-3-8(11)5-12-10/h3-7H,2,11H2,1H3. The van der Waals surface area contributed by atoms with Gasteiger partial charge in [0.25, 0.3) is 0 Å². The molecular weight excluding hydrogens is 192 g/mol. The molecule has 0 bridgehead atoms. The van der Waals surface area contributed by atoms with Crippen molar-refractivity contribution in [3.8, 4) is 11.6 Å². The Hall–Kier alpha value is -2.04. The first-order chi connectivity index (χ1) is 7.28. The molecule has 0 fully saturated rings. The SMILES string of the molecule is CCn1cc(Oc2ccc(N)cn2)cn1. The predicted molar refractivity (Wildman–Crippen MR) is 56.6 cm³/mol. The van der Waals surface area contributed by atoms with E-state index >= 15 is 0 Å². The first kappa shape index (κ1) is 9.51. The minimum absolute atomic E-state index is 0.514. The van der Waals surface area contributed by atoms with Crippen LogP contribution in [0.4, 0.5) is 5.69 Å². The van der Waals surface area contributed by atoms with E-state index in [4.69, 9.17) is 10.5 Å². The van der Waals surface area contributed by atoms with Gasteiger partial charge in [-0.25, -0.2) is 4.98 Å². The van der Waals surface area contributed by atoms with Gasteiger partial charge in [0, 0.05) is 12.6 Å². The van der Waals surface area contributed by atoms with Crippen molar-refractivity contribution in [3.05, 3.63) is 30.7 Å². The average Bonchev–Trinajstić information content (AvgIpc) is 2.69. The third kappa shape index (κ3) is 2.25. The molecule has 5 nitrogen and oxygen atoms in total. The molecule has 0 aliphatic heterocycles. The Kier molecular flexibility index (Phi) is 2.53. The highest BCUT2D eigenvalue weighted by Crippen LogP contribution is 2.18. The van der Waals surface area contributed by atoms with E-state index in [2.05, 4.69) is 10.1 Å². The van der Waals surface area contributed by atoms with Crippen molar-refractivity contribution < 1.29 is 4.74 Å². The van der Waals surface area contributed by atoms with Crippen molar-refractivity contribution in [1.29, 1.82) is 0 Å². The summed E-state index contributed by atoms with van der Waals surface area (Å²) < 4.78 is 7.25. The highest BCUT2D eigenvalue weighted by molar-refractivity contribution is 5.36. The summed E-state index contributed by atoms with van der Waals surface area (Å²) in [6.45, 7) is 2.83. The number of nitrogens with zero attached hydrogens (tertiary/aromatic N) is 3. The van der Waals surface area contributed by atoms with E-state index in [1.54, 1.807) is 29.2 Å². The lowest BCUT2D eigenvalue weighted by Gasteiger charge is -2.00. The minimum Gasteiger partial charge on any atom is -0.436 e. The molecule has 0 aromatic carbocycles. The molecule has 0 amide bonds. The number of pyridine rings is 1. The number of aromatic nitrogens is 3. The summed E-state index contributed by atoms with van der Waals surface area (Å²) in [4.78, 5) is 4.02. The van der Waals surface area contributed by atoms with Gasteiger partial charge in [-0.1, -0.05) is 0 Å². The fraction of sp³-hybridized carbons (Fsp3) is 0.200. The zero-order chi connectivity index (χ0) is 10.7. The number of nitrogen functional groups attached to an aromatic ring is 1. The van der Waals surface area contributed by atoms with E-state index in [1.807, 2.05) is 13.1 Å². The zero-order valence-corrected chi connectivity index (χ0v) is 8.42. The highest BCUT2D eigenvalue weighted by atomic mass is 16.5. The first-order valence-electron chi connectivity index (χ1n) is 4.70. The van der Waals surface area contributed by atoms with Crippen molar-refractivity contribution in [3.63, 3.8) is 0 Å². The van der Waals surface area contributed by atoms with E-state index in [0.717, 1.165) is 6.54 Å². The van der Waals surface area contributed by atoms with Crippen LogP contribution < -0.4 is 10.5 Å². The minimum atomic E-state index is 0.514. The molecule has 78 valence electrons. The summed E-state index contributed by atoms with van der Waals surface area (Å²) in [5.41, 5.74) is 6.13. The van der Waals surface area contributed by atoms with Gasteiger partial charge in [-0.3, -0.25) is 4.68 Å². The molecule has 0 saturated heterocycles. The average molecular weight is 204 g/mol. The van der Waals surface area contributed by atoms with Crippen LogP contribution in [0.2, 0.25) is 0 Å². The maximum absolute atomic E-state index is 5.51. The van der Waals surface area contributed by atoms with Gasteiger partial charge >= 0.3 is 0 Å². The quantitative estimate of drug-likeness (QED) is 0.825. The Morgan fingerprint density at radius 2 is 2.27 bits per heavy atom. The molecule has 0 spiro atoms. The molecule has 2 aromatic heterocycles. The number of rotatable bonds is 3. The summed E-state index contributed by atoms with van der Waals surface area (Å²) in [5, 5.41) is 4.09. The van der Waals surface area contributed by atoms with Gasteiger partial charge in [-0.2, -0.15) is 5.10 Å². The topological polar surface area (TPSA) is 66.0 Å². The van der Waals surface area contributed by atoms with Crippen molar-refractivity contribution >= 4 is 5.69 Å². The van der Waals surface area contributed by atoms with E-state index < -0.39 is 0 Å². The van der Waals surface area contributed by atoms with Gasteiger partial charge in [-0.05, 0) is 13.0 Å². The maximum atomic E-state index is 5.51. The highest BCUT2D eigenvalue weighted by Gasteiger charge is 2.00. The molecule has 2 heterocycles. The van der Waals surface area contributed by atoms with Crippen LogP contribution in [0.1, 0.15) is 6.92 Å². The third-order valence-corrected chi connectivity index (χ3v) is 1.92. The number of anilines is 1. The summed E-state index contributed by atoms with van der Waals surface area (Å²) >= 11 is 0. The van der Waals surface area contributed by atoms with Gasteiger partial charge in [0.05, 0.1) is 24.3 Å². The van der Waals surface area contributed by atoms with Crippen molar-refractivity contribution in [1.82, 2.24) is 14.8 Å². The van der Waals surface area contributed by atoms with Crippen LogP contribution in [0.25, 0.3) is 0 Å². The van der Waals surface area contributed by atoms with Crippen LogP contribution in [0, 0.1) is 0 Å². The van der Waals surface area contributed by atoms with Crippen molar-refractivity contribution in [2.75, 3.05) is 5.73 Å². The maximum Gasteiger partial charge on any atom is 0.219 e. The molecule has 5 heteroatoms. The van der Waals surface area contributed by atoms with Gasteiger partial charge in [0.15, 0.2) is 5.75 Å². The number of ether oxygens (including phenoxy) is 1. The molecule has 0 unspecified atom stereocenters. The molecule has 2 rings (SSSR count). The number of hydrogen-bond acceptors (Lipinski definition) is 4. The zero-order valence-electron chi connectivity index (χ0n) is 8.42. The molecule has 0 atom stereocenters. The van der Waals surface area contributed by atoms with E-state index in [1.165, 1.54) is 0 Å². The smallest absolute Gasteiger partial charge is 0.219 e. The fourth-order valence-electron chi connectivity index (χ4n) is 1.14. The molecule has 0 aliphatic rings. The van der Waals surface area contributed by atoms with E-state index in [-0.39, 0.29) is 0 Å². The molecule has 0 radical (unpaired) electrons. The monoisotopic (exact) mass is 204 g/mol. The Labute approximate surface area is 87.5 Å². The Morgan fingerprint density at radius 3 is 2.87 bits per heavy atom. The third-order valence-electron chi connectivity index (χ3n) is 1.92. The van der Waals surface area contributed by atoms with Crippen molar-refractivity contribution in [2.45, 2.75) is 13.5 Å². The lowest BCUT2D eigenvalue weighted by molar-refractivity contribution is 0.462. The second kappa shape index (κ2) is 4.00. The van der Waals surface area contributed by atoms with Crippen LogP contribution in [0.3, 0.4) is 0 Å². The van der Waals surface area contributed by atoms with Crippen LogP contribution in [0.5, 0.6) is 11.6 Å². The van der Waals surface area contributed by atoms with Crippen molar-refractivity contribution in [2.24, 2.45) is 0 Å². The van der Waals surface area contributed by atoms with Crippen LogP contribution in [-0.4, -0.2) is 14.8 Å². The molecule has 2 aromatic rings. The molecule has 15 heavy (non-hydrogen) atoms. The lowest BCUT2D eigenvalue weighted by Crippen LogP contribution is -1.92. The fourth-order valence-corrected chi connectivity index (χ4v) is 1.14. The Bertz CT molecular complexity index is 435. The lowest BCUT2D eigenvalue weighted by atomic mass is 10.4. The van der Waals surface area contributed by atoms with E-state index in [9.17, 15) is 0 Å². The van der Waals surface area contributed by atoms with Gasteiger partial charge < -0.3 is 10.5 Å². The first-order valence-corrected chi connectivity index (χ1v) is 4.70. The molecule has 0 saturated carbocycles. The van der Waals surface area contributed by atoms with Crippen LogP contribution in [0.15, 0.2) is 30.7 Å². The molecule has 2 N–H and O–H groups in total. The summed E-state index contributed by atoms with van der Waals surface area (Å²) in [6, 6.07) is 3.46. The van der Waals surface area contributed by atoms with Crippen LogP contribution >= 0.6 is 0 Å².